The number of rotatable bonds is 1. The fourth-order valence-corrected chi connectivity index (χ4v) is 0.676. The van der Waals surface area contributed by atoms with E-state index in [0.29, 0.717) is 0 Å². The number of hydrazone groups is 1. The summed E-state index contributed by atoms with van der Waals surface area (Å²) in [6.07, 6.45) is -4.61. The summed E-state index contributed by atoms with van der Waals surface area (Å²) in [7, 11) is 1.52. The van der Waals surface area contributed by atoms with Crippen LogP contribution in [0.5, 0.6) is 0 Å². The first-order valence-corrected chi connectivity index (χ1v) is 2.84. The van der Waals surface area contributed by atoms with Gasteiger partial charge in [0.25, 0.3) is 0 Å². The van der Waals surface area contributed by atoms with Crippen molar-refractivity contribution >= 4 is 6.21 Å². The van der Waals surface area contributed by atoms with Crippen molar-refractivity contribution in [2.75, 3.05) is 7.05 Å². The second-order valence-electron chi connectivity index (χ2n) is 2.02. The fraction of sp³-hybridized carbons (Fsp3) is 0.600. The van der Waals surface area contributed by atoms with E-state index in [1.165, 1.54) is 18.6 Å². The maximum Gasteiger partial charge on any atom is 0.523 e. The highest BCUT2D eigenvalue weighted by molar-refractivity contribution is 5.66. The Morgan fingerprint density at radius 3 is 2.55 bits per heavy atom. The molecule has 0 spiro atoms. The molecule has 0 fully saturated rings. The molecule has 1 heterocycles. The van der Waals surface area contributed by atoms with E-state index in [1.807, 2.05) is 0 Å². The van der Waals surface area contributed by atoms with Gasteiger partial charge in [-0.05, 0) is 0 Å². The van der Waals surface area contributed by atoms with Crippen molar-refractivity contribution in [3.05, 3.63) is 6.54 Å². The van der Waals surface area contributed by atoms with Gasteiger partial charge in [-0.3, -0.25) is 9.75 Å². The highest BCUT2D eigenvalue weighted by Gasteiger charge is 2.34. The highest BCUT2D eigenvalue weighted by Crippen LogP contribution is 2.21. The first kappa shape index (κ1) is 8.32. The van der Waals surface area contributed by atoms with Gasteiger partial charge >= 0.3 is 6.36 Å². The van der Waals surface area contributed by atoms with Crippen LogP contribution in [0.1, 0.15) is 0 Å². The molecule has 0 aromatic heterocycles. The van der Waals surface area contributed by atoms with Gasteiger partial charge in [0.05, 0.1) is 6.21 Å². The van der Waals surface area contributed by atoms with Crippen LogP contribution in [0, 0.1) is 6.54 Å². The van der Waals surface area contributed by atoms with E-state index in [1.54, 1.807) is 0 Å². The minimum absolute atomic E-state index is 1.08. The van der Waals surface area contributed by atoms with E-state index in [4.69, 9.17) is 0 Å². The maximum atomic E-state index is 11.5. The SMILES string of the molecule is CN1[CH]C(OC(F)(F)F)C=N1. The lowest BCUT2D eigenvalue weighted by Crippen LogP contribution is -2.25. The van der Waals surface area contributed by atoms with Crippen LogP contribution in [0.4, 0.5) is 13.2 Å². The molecule has 1 unspecified atom stereocenters. The van der Waals surface area contributed by atoms with Gasteiger partial charge in [-0.25, -0.2) is 0 Å². The molecule has 63 valence electrons. The summed E-state index contributed by atoms with van der Waals surface area (Å²) in [6, 6.07) is 0. The van der Waals surface area contributed by atoms with E-state index in [0.717, 1.165) is 6.21 Å². The van der Waals surface area contributed by atoms with Crippen LogP contribution >= 0.6 is 0 Å². The molecular weight excluding hydrogens is 161 g/mol. The van der Waals surface area contributed by atoms with Crippen LogP contribution in [0.15, 0.2) is 5.10 Å². The molecule has 1 rings (SSSR count). The van der Waals surface area contributed by atoms with Crippen LogP contribution < -0.4 is 0 Å². The maximum absolute atomic E-state index is 11.5. The number of hydrogen-bond acceptors (Lipinski definition) is 3. The van der Waals surface area contributed by atoms with Crippen LogP contribution in [-0.4, -0.2) is 30.7 Å². The van der Waals surface area contributed by atoms with Gasteiger partial charge < -0.3 is 0 Å². The lowest BCUT2D eigenvalue weighted by Gasteiger charge is -2.12. The van der Waals surface area contributed by atoms with Gasteiger partial charge in [0.15, 0.2) is 0 Å². The second-order valence-corrected chi connectivity index (χ2v) is 2.02. The molecule has 0 amide bonds. The van der Waals surface area contributed by atoms with Gasteiger partial charge in [-0.15, -0.1) is 13.2 Å². The van der Waals surface area contributed by atoms with Gasteiger partial charge in [0, 0.05) is 7.05 Å². The van der Waals surface area contributed by atoms with E-state index >= 15 is 0 Å². The first-order chi connectivity index (χ1) is 4.97. The molecule has 1 radical (unpaired) electrons. The third-order valence-electron chi connectivity index (χ3n) is 1.03. The standard InChI is InChI=1S/C5H6F3N2O/c1-10-3-4(2-9-10)11-5(6,7)8/h2-4H,1H3. The number of halogens is 3. The lowest BCUT2D eigenvalue weighted by atomic mass is 10.4. The third-order valence-corrected chi connectivity index (χ3v) is 1.03. The van der Waals surface area contributed by atoms with Gasteiger partial charge in [0.1, 0.15) is 12.6 Å². The number of alkyl halides is 3. The Balaban J connectivity index is 2.36. The third kappa shape index (κ3) is 2.75. The molecular formula is C5H6F3N2O. The van der Waals surface area contributed by atoms with E-state index in [2.05, 4.69) is 9.84 Å². The predicted octanol–water partition coefficient (Wildman–Crippen LogP) is 0.984. The Morgan fingerprint density at radius 2 is 2.18 bits per heavy atom. The van der Waals surface area contributed by atoms with Crippen molar-refractivity contribution in [3.8, 4) is 0 Å². The topological polar surface area (TPSA) is 24.8 Å². The van der Waals surface area contributed by atoms with Crippen LogP contribution in [-0.2, 0) is 4.74 Å². The Kier molecular flexibility index (Phi) is 2.03. The Hall–Kier alpha value is -0.780. The Bertz CT molecular complexity index is 168. The van der Waals surface area contributed by atoms with Gasteiger partial charge in [0.2, 0.25) is 0 Å². The molecule has 1 atom stereocenters. The summed E-state index contributed by atoms with van der Waals surface area (Å²) in [5, 5.41) is 4.79. The van der Waals surface area contributed by atoms with Crippen molar-refractivity contribution in [1.29, 1.82) is 0 Å². The molecule has 0 bridgehead atoms. The van der Waals surface area contributed by atoms with Crippen LogP contribution in [0.2, 0.25) is 0 Å². The van der Waals surface area contributed by atoms with Crippen molar-refractivity contribution in [3.63, 3.8) is 0 Å². The van der Waals surface area contributed by atoms with Gasteiger partial charge in [-0.2, -0.15) is 5.10 Å². The number of hydrogen-bond donors (Lipinski definition) is 0. The van der Waals surface area contributed by atoms with Crippen LogP contribution in [0.25, 0.3) is 0 Å². The fourth-order valence-electron chi connectivity index (χ4n) is 0.676. The zero-order valence-electron chi connectivity index (χ0n) is 5.67. The normalized spacial score (nSPS) is 24.7. The number of nitrogens with zero attached hydrogens (tertiary/aromatic N) is 2. The summed E-state index contributed by atoms with van der Waals surface area (Å²) in [6.45, 7) is 1.22. The van der Waals surface area contributed by atoms with Crippen molar-refractivity contribution < 1.29 is 17.9 Å². The monoisotopic (exact) mass is 167 g/mol. The predicted molar refractivity (Wildman–Crippen MR) is 31.5 cm³/mol. The molecule has 1 aliphatic rings. The summed E-state index contributed by atoms with van der Waals surface area (Å²) in [5.74, 6) is 0. The molecule has 6 heteroatoms. The number of ether oxygens (including phenoxy) is 1. The molecule has 1 aliphatic heterocycles. The van der Waals surface area contributed by atoms with Crippen molar-refractivity contribution in [2.45, 2.75) is 12.5 Å². The number of likely N-dealkylation sites (N-methyl/N-ethyl adjacent to an activating group) is 1. The zero-order valence-corrected chi connectivity index (χ0v) is 5.67. The van der Waals surface area contributed by atoms with E-state index < -0.39 is 12.5 Å². The average Bonchev–Trinajstić information content (AvgIpc) is 2.10. The van der Waals surface area contributed by atoms with Crippen molar-refractivity contribution in [1.82, 2.24) is 5.01 Å². The minimum Gasteiger partial charge on any atom is -0.292 e. The molecule has 0 saturated carbocycles. The minimum atomic E-state index is -4.60. The average molecular weight is 167 g/mol. The Morgan fingerprint density at radius 1 is 1.55 bits per heavy atom. The van der Waals surface area contributed by atoms with E-state index in [-0.39, 0.29) is 0 Å². The quantitative estimate of drug-likeness (QED) is 0.581. The van der Waals surface area contributed by atoms with Crippen molar-refractivity contribution in [2.24, 2.45) is 5.10 Å². The lowest BCUT2D eigenvalue weighted by molar-refractivity contribution is -0.329. The first-order valence-electron chi connectivity index (χ1n) is 2.84. The molecule has 0 N–H and O–H groups in total. The zero-order chi connectivity index (χ0) is 8.48. The second kappa shape index (κ2) is 2.69. The van der Waals surface area contributed by atoms with E-state index in [9.17, 15) is 13.2 Å². The summed E-state index contributed by atoms with van der Waals surface area (Å²) < 4.78 is 38.2. The summed E-state index contributed by atoms with van der Waals surface area (Å²) in [5.41, 5.74) is 0. The molecule has 0 aromatic carbocycles. The smallest absolute Gasteiger partial charge is 0.292 e. The summed E-state index contributed by atoms with van der Waals surface area (Å²) >= 11 is 0. The molecule has 0 aliphatic carbocycles. The highest BCUT2D eigenvalue weighted by atomic mass is 19.4. The molecule has 0 saturated heterocycles. The molecule has 11 heavy (non-hydrogen) atoms. The Labute approximate surface area is 61.4 Å². The van der Waals surface area contributed by atoms with Gasteiger partial charge in [-0.1, -0.05) is 0 Å². The molecule has 3 nitrogen and oxygen atoms in total. The molecule has 0 aromatic rings. The van der Waals surface area contributed by atoms with Crippen LogP contribution in [0.3, 0.4) is 0 Å². The summed E-state index contributed by atoms with van der Waals surface area (Å²) in [4.78, 5) is 0. The largest absolute Gasteiger partial charge is 0.523 e.